The zero-order chi connectivity index (χ0) is 19.4. The van der Waals surface area contributed by atoms with Gasteiger partial charge >= 0.3 is 0 Å². The van der Waals surface area contributed by atoms with Gasteiger partial charge in [-0.25, -0.2) is 4.98 Å². The Morgan fingerprint density at radius 1 is 1.33 bits per heavy atom. The molecule has 1 saturated carbocycles. The van der Waals surface area contributed by atoms with Gasteiger partial charge in [0.25, 0.3) is 17.2 Å². The Labute approximate surface area is 160 Å². The van der Waals surface area contributed by atoms with Gasteiger partial charge in [-0.3, -0.25) is 24.3 Å². The number of carbonyl (C=O) groups is 1. The molecule has 0 saturated heterocycles. The molecule has 3 rings (SSSR count). The van der Waals surface area contributed by atoms with E-state index in [1.807, 2.05) is 0 Å². The number of hydrogen-bond acceptors (Lipinski definition) is 5. The Morgan fingerprint density at radius 3 is 2.74 bits per heavy atom. The number of nitro groups is 1. The number of nitrogens with one attached hydrogen (secondary N) is 1. The predicted molar refractivity (Wildman–Crippen MR) is 100 cm³/mol. The van der Waals surface area contributed by atoms with E-state index in [0.29, 0.717) is 5.92 Å². The van der Waals surface area contributed by atoms with Crippen LogP contribution in [0.3, 0.4) is 0 Å². The SMILES string of the molecule is O=C(NCCn1cnc(C2CCCC2)cc1=O)c1cc(Cl)ccc1[N+](=O)[O-]. The number of nitro benzene ring substituents is 1. The number of rotatable bonds is 6. The van der Waals surface area contributed by atoms with Crippen LogP contribution in [0, 0.1) is 10.1 Å². The lowest BCUT2D eigenvalue weighted by atomic mass is 10.0. The van der Waals surface area contributed by atoms with Crippen LogP contribution in [0.25, 0.3) is 0 Å². The molecule has 0 aliphatic heterocycles. The molecule has 0 unspecified atom stereocenters. The largest absolute Gasteiger partial charge is 0.350 e. The number of nitrogens with zero attached hydrogens (tertiary/aromatic N) is 3. The topological polar surface area (TPSA) is 107 Å². The van der Waals surface area contributed by atoms with E-state index >= 15 is 0 Å². The smallest absolute Gasteiger partial charge is 0.282 e. The summed E-state index contributed by atoms with van der Waals surface area (Å²) in [7, 11) is 0. The Kier molecular flexibility index (Phi) is 5.85. The lowest BCUT2D eigenvalue weighted by molar-refractivity contribution is -0.385. The molecule has 1 aliphatic rings. The summed E-state index contributed by atoms with van der Waals surface area (Å²) in [6, 6.07) is 5.35. The first kappa shape index (κ1) is 19.0. The monoisotopic (exact) mass is 390 g/mol. The Hall–Kier alpha value is -2.74. The molecule has 142 valence electrons. The molecular weight excluding hydrogens is 372 g/mol. The van der Waals surface area contributed by atoms with Crippen LogP contribution >= 0.6 is 11.6 Å². The quantitative estimate of drug-likeness (QED) is 0.602. The summed E-state index contributed by atoms with van der Waals surface area (Å²) in [6.45, 7) is 0.351. The molecule has 0 radical (unpaired) electrons. The highest BCUT2D eigenvalue weighted by atomic mass is 35.5. The molecule has 2 aromatic rings. The number of amides is 1. The van der Waals surface area contributed by atoms with E-state index < -0.39 is 10.8 Å². The highest BCUT2D eigenvalue weighted by Gasteiger charge is 2.21. The van der Waals surface area contributed by atoms with Crippen molar-refractivity contribution in [3.05, 3.63) is 67.3 Å². The van der Waals surface area contributed by atoms with Gasteiger partial charge in [0.05, 0.1) is 16.9 Å². The zero-order valence-electron chi connectivity index (χ0n) is 14.6. The van der Waals surface area contributed by atoms with Crippen molar-refractivity contribution in [1.29, 1.82) is 0 Å². The van der Waals surface area contributed by atoms with Gasteiger partial charge in [0, 0.05) is 36.2 Å². The van der Waals surface area contributed by atoms with Crippen molar-refractivity contribution >= 4 is 23.2 Å². The molecule has 1 amide bonds. The van der Waals surface area contributed by atoms with Gasteiger partial charge in [0.1, 0.15) is 5.56 Å². The highest BCUT2D eigenvalue weighted by Crippen LogP contribution is 2.32. The maximum absolute atomic E-state index is 12.2. The summed E-state index contributed by atoms with van der Waals surface area (Å²) >= 11 is 5.83. The molecular formula is C18H19ClN4O4. The van der Waals surface area contributed by atoms with Crippen molar-refractivity contribution in [2.75, 3.05) is 6.54 Å². The Bertz CT molecular complexity index is 922. The second-order valence-corrected chi connectivity index (χ2v) is 6.94. The standard InChI is InChI=1S/C18H19ClN4O4/c19-13-5-6-16(23(26)27)14(9-13)18(25)20-7-8-22-11-21-15(10-17(22)24)12-3-1-2-4-12/h5-6,9-12H,1-4,7-8H2,(H,20,25). The summed E-state index contributed by atoms with van der Waals surface area (Å²) in [5.74, 6) is -0.261. The number of hydrogen-bond donors (Lipinski definition) is 1. The van der Waals surface area contributed by atoms with E-state index in [2.05, 4.69) is 10.3 Å². The summed E-state index contributed by atoms with van der Waals surface area (Å²) in [5, 5.41) is 13.9. The second kappa shape index (κ2) is 8.30. The van der Waals surface area contributed by atoms with Gasteiger partial charge in [-0.1, -0.05) is 24.4 Å². The van der Waals surface area contributed by atoms with Crippen molar-refractivity contribution in [2.45, 2.75) is 38.1 Å². The van der Waals surface area contributed by atoms with Gasteiger partial charge in [-0.15, -0.1) is 0 Å². The van der Waals surface area contributed by atoms with Gasteiger partial charge in [0.15, 0.2) is 0 Å². The first-order valence-corrected chi connectivity index (χ1v) is 9.12. The summed E-state index contributed by atoms with van der Waals surface area (Å²) in [5.41, 5.74) is 0.216. The summed E-state index contributed by atoms with van der Waals surface area (Å²) in [4.78, 5) is 39.3. The molecule has 1 N–H and O–H groups in total. The Balaban J connectivity index is 1.63. The molecule has 1 aliphatic carbocycles. The maximum Gasteiger partial charge on any atom is 0.282 e. The third kappa shape index (κ3) is 4.51. The minimum atomic E-state index is -0.637. The fourth-order valence-corrected chi connectivity index (χ4v) is 3.46. The van der Waals surface area contributed by atoms with Crippen LogP contribution in [-0.4, -0.2) is 26.9 Å². The molecule has 1 aromatic heterocycles. The number of halogens is 1. The van der Waals surface area contributed by atoms with E-state index in [-0.39, 0.29) is 34.9 Å². The van der Waals surface area contributed by atoms with E-state index in [1.54, 1.807) is 6.07 Å². The van der Waals surface area contributed by atoms with Gasteiger partial charge in [-0.05, 0) is 25.0 Å². The maximum atomic E-state index is 12.2. The molecule has 0 bridgehead atoms. The fourth-order valence-electron chi connectivity index (χ4n) is 3.29. The van der Waals surface area contributed by atoms with Crippen LogP contribution in [0.1, 0.15) is 47.7 Å². The third-order valence-corrected chi connectivity index (χ3v) is 4.95. The molecule has 8 nitrogen and oxygen atoms in total. The molecule has 0 spiro atoms. The van der Waals surface area contributed by atoms with Crippen LogP contribution in [0.5, 0.6) is 0 Å². The average Bonchev–Trinajstić information content (AvgIpc) is 3.17. The average molecular weight is 391 g/mol. The molecule has 0 atom stereocenters. The minimum Gasteiger partial charge on any atom is -0.350 e. The number of benzene rings is 1. The van der Waals surface area contributed by atoms with E-state index in [4.69, 9.17) is 11.6 Å². The van der Waals surface area contributed by atoms with Gasteiger partial charge < -0.3 is 5.32 Å². The van der Waals surface area contributed by atoms with Crippen molar-refractivity contribution in [2.24, 2.45) is 0 Å². The number of aromatic nitrogens is 2. The van der Waals surface area contributed by atoms with Crippen molar-refractivity contribution in [3.63, 3.8) is 0 Å². The van der Waals surface area contributed by atoms with Crippen molar-refractivity contribution in [1.82, 2.24) is 14.9 Å². The first-order chi connectivity index (χ1) is 13.0. The molecule has 1 aromatic carbocycles. The predicted octanol–water partition coefficient (Wildman–Crippen LogP) is 2.89. The third-order valence-electron chi connectivity index (χ3n) is 4.71. The van der Waals surface area contributed by atoms with Crippen LogP contribution in [0.2, 0.25) is 5.02 Å². The lowest BCUT2D eigenvalue weighted by Gasteiger charge is -2.11. The molecule has 1 fully saturated rings. The van der Waals surface area contributed by atoms with Crippen molar-refractivity contribution in [3.8, 4) is 0 Å². The minimum absolute atomic E-state index is 0.116. The van der Waals surface area contributed by atoms with Crippen molar-refractivity contribution < 1.29 is 9.72 Å². The number of carbonyl (C=O) groups excluding carboxylic acids is 1. The normalized spacial score (nSPS) is 14.3. The zero-order valence-corrected chi connectivity index (χ0v) is 15.3. The van der Waals surface area contributed by atoms with Gasteiger partial charge in [-0.2, -0.15) is 0 Å². The summed E-state index contributed by atoms with van der Waals surface area (Å²) in [6.07, 6.45) is 5.94. The van der Waals surface area contributed by atoms with Gasteiger partial charge in [0.2, 0.25) is 0 Å². The molecule has 27 heavy (non-hydrogen) atoms. The molecule has 1 heterocycles. The van der Waals surface area contributed by atoms with Crippen LogP contribution in [0.4, 0.5) is 5.69 Å². The van der Waals surface area contributed by atoms with E-state index in [0.717, 1.165) is 31.4 Å². The van der Waals surface area contributed by atoms with E-state index in [1.165, 1.54) is 29.1 Å². The van der Waals surface area contributed by atoms with E-state index in [9.17, 15) is 19.7 Å². The Morgan fingerprint density at radius 2 is 2.07 bits per heavy atom. The second-order valence-electron chi connectivity index (χ2n) is 6.50. The fraction of sp³-hybridized carbons (Fsp3) is 0.389. The highest BCUT2D eigenvalue weighted by molar-refractivity contribution is 6.31. The van der Waals surface area contributed by atoms with Crippen LogP contribution in [0.15, 0.2) is 35.4 Å². The summed E-state index contributed by atoms with van der Waals surface area (Å²) < 4.78 is 1.41. The van der Waals surface area contributed by atoms with Crippen LogP contribution in [-0.2, 0) is 6.54 Å². The lowest BCUT2D eigenvalue weighted by Crippen LogP contribution is -2.31. The first-order valence-electron chi connectivity index (χ1n) is 8.74. The molecule has 9 heteroatoms. The van der Waals surface area contributed by atoms with Crippen LogP contribution < -0.4 is 10.9 Å².